The second-order valence-electron chi connectivity index (χ2n) is 11.4. The number of ether oxygens (including phenoxy) is 2. The molecule has 1 spiro atoms. The van der Waals surface area contributed by atoms with Gasteiger partial charge >= 0.3 is 12.1 Å². The molecule has 2 saturated heterocycles. The summed E-state index contributed by atoms with van der Waals surface area (Å²) in [6.07, 6.45) is -1.78. The van der Waals surface area contributed by atoms with E-state index in [1.807, 2.05) is 39.1 Å². The lowest BCUT2D eigenvalue weighted by Gasteiger charge is -2.40. The van der Waals surface area contributed by atoms with Crippen molar-refractivity contribution in [2.75, 3.05) is 63.4 Å². The Hall–Kier alpha value is -3.11. The second-order valence-corrected chi connectivity index (χ2v) is 11.4. The Kier molecular flexibility index (Phi) is 8.09. The molecule has 222 valence electrons. The number of likely N-dealkylation sites (tertiary alicyclic amines) is 1. The summed E-state index contributed by atoms with van der Waals surface area (Å²) < 4.78 is 49.6. The summed E-state index contributed by atoms with van der Waals surface area (Å²) in [6.45, 7) is 5.44. The number of hydrogen-bond acceptors (Lipinski definition) is 6. The van der Waals surface area contributed by atoms with Crippen LogP contribution in [0.2, 0.25) is 0 Å². The van der Waals surface area contributed by atoms with E-state index >= 15 is 0 Å². The average Bonchev–Trinajstić information content (AvgIpc) is 3.15. The molecule has 7 nitrogen and oxygen atoms in total. The van der Waals surface area contributed by atoms with E-state index in [0.29, 0.717) is 64.1 Å². The van der Waals surface area contributed by atoms with Crippen molar-refractivity contribution in [1.82, 2.24) is 4.90 Å². The molecule has 0 atom stereocenters. The van der Waals surface area contributed by atoms with E-state index in [1.165, 1.54) is 12.0 Å². The van der Waals surface area contributed by atoms with Crippen molar-refractivity contribution < 1.29 is 32.2 Å². The van der Waals surface area contributed by atoms with Gasteiger partial charge in [0.05, 0.1) is 24.6 Å². The van der Waals surface area contributed by atoms with Crippen LogP contribution in [-0.2, 0) is 19.7 Å². The van der Waals surface area contributed by atoms with Crippen LogP contribution in [0.25, 0.3) is 11.1 Å². The Labute approximate surface area is 239 Å². The number of rotatable bonds is 6. The van der Waals surface area contributed by atoms with Gasteiger partial charge in [0.15, 0.2) is 0 Å². The highest BCUT2D eigenvalue weighted by Gasteiger charge is 2.50. The number of benzene rings is 2. The van der Waals surface area contributed by atoms with Crippen LogP contribution in [0, 0.1) is 6.92 Å². The van der Waals surface area contributed by atoms with E-state index in [0.717, 1.165) is 33.6 Å². The topological polar surface area (TPSA) is 62.3 Å². The number of nitrogens with zero attached hydrogens (tertiary/aromatic N) is 3. The van der Waals surface area contributed by atoms with Gasteiger partial charge in [-0.3, -0.25) is 9.69 Å². The SMILES string of the molecule is CCN(c1cc(-c2ccc3c(c2)C2(CCOCC2)C(=O)N3C)cc(C(=O)OC)c1C)C1CCN(CC(F)(F)F)CC1. The van der Waals surface area contributed by atoms with E-state index in [-0.39, 0.29) is 11.9 Å². The zero-order chi connectivity index (χ0) is 29.5. The highest BCUT2D eigenvalue weighted by atomic mass is 19.4. The summed E-state index contributed by atoms with van der Waals surface area (Å²) in [5, 5.41) is 0. The molecule has 41 heavy (non-hydrogen) atoms. The van der Waals surface area contributed by atoms with Crippen molar-refractivity contribution >= 4 is 23.3 Å². The number of carbonyl (C=O) groups excluding carboxylic acids is 2. The van der Waals surface area contributed by atoms with Crippen molar-refractivity contribution in [3.05, 3.63) is 47.0 Å². The number of fused-ring (bicyclic) bond motifs is 2. The number of anilines is 2. The van der Waals surface area contributed by atoms with Crippen molar-refractivity contribution in [3.8, 4) is 11.1 Å². The third kappa shape index (κ3) is 5.44. The Morgan fingerprint density at radius 2 is 1.80 bits per heavy atom. The van der Waals surface area contributed by atoms with Gasteiger partial charge in [0.2, 0.25) is 5.91 Å². The van der Waals surface area contributed by atoms with Crippen molar-refractivity contribution in [1.29, 1.82) is 0 Å². The Morgan fingerprint density at radius 3 is 2.41 bits per heavy atom. The standard InChI is InChI=1S/C31H38F3N3O4/c1-5-37(23-8-12-36(13-9-23)19-31(32,33)34)27-18-22(16-24(20(27)2)28(38)40-4)21-6-7-26-25(17-21)30(29(39)35(26)3)10-14-41-15-11-30/h6-7,16-18,23H,5,8-15,19H2,1-4H3. The summed E-state index contributed by atoms with van der Waals surface area (Å²) >= 11 is 0. The second kappa shape index (κ2) is 11.3. The van der Waals surface area contributed by atoms with E-state index in [9.17, 15) is 22.8 Å². The molecule has 0 aromatic heterocycles. The van der Waals surface area contributed by atoms with Gasteiger partial charge in [-0.2, -0.15) is 13.2 Å². The quantitative estimate of drug-likeness (QED) is 0.436. The molecular weight excluding hydrogens is 535 g/mol. The van der Waals surface area contributed by atoms with Gasteiger partial charge in [-0.15, -0.1) is 0 Å². The lowest BCUT2D eigenvalue weighted by molar-refractivity contribution is -0.147. The minimum atomic E-state index is -4.21. The minimum Gasteiger partial charge on any atom is -0.465 e. The molecule has 0 bridgehead atoms. The number of methoxy groups -OCH3 is 1. The van der Waals surface area contributed by atoms with Gasteiger partial charge in [-0.25, -0.2) is 4.79 Å². The molecular formula is C31H38F3N3O4. The number of piperidine rings is 1. The first-order valence-corrected chi connectivity index (χ1v) is 14.3. The van der Waals surface area contributed by atoms with Crippen molar-refractivity contribution in [3.63, 3.8) is 0 Å². The lowest BCUT2D eigenvalue weighted by Crippen LogP contribution is -2.47. The molecule has 3 heterocycles. The first-order chi connectivity index (χ1) is 19.5. The summed E-state index contributed by atoms with van der Waals surface area (Å²) in [6, 6.07) is 9.96. The van der Waals surface area contributed by atoms with Crippen LogP contribution in [0.15, 0.2) is 30.3 Å². The molecule has 1 amide bonds. The zero-order valence-electron chi connectivity index (χ0n) is 24.1. The zero-order valence-corrected chi connectivity index (χ0v) is 24.1. The van der Waals surface area contributed by atoms with Gasteiger partial charge in [-0.1, -0.05) is 6.07 Å². The number of amides is 1. The molecule has 0 aliphatic carbocycles. The fraction of sp³-hybridized carbons (Fsp3) is 0.548. The molecule has 0 N–H and O–H groups in total. The van der Waals surface area contributed by atoms with E-state index in [1.54, 1.807) is 4.90 Å². The normalized spacial score (nSPS) is 19.5. The van der Waals surface area contributed by atoms with E-state index < -0.39 is 24.1 Å². The highest BCUT2D eigenvalue weighted by Crippen LogP contribution is 2.48. The van der Waals surface area contributed by atoms with Crippen LogP contribution in [-0.4, -0.2) is 82.5 Å². The predicted octanol–water partition coefficient (Wildman–Crippen LogP) is 5.33. The van der Waals surface area contributed by atoms with Crippen LogP contribution in [0.1, 0.15) is 54.1 Å². The van der Waals surface area contributed by atoms with Gasteiger partial charge in [0, 0.05) is 57.3 Å². The Morgan fingerprint density at radius 1 is 1.12 bits per heavy atom. The summed E-state index contributed by atoms with van der Waals surface area (Å²) in [7, 11) is 3.16. The number of alkyl halides is 3. The van der Waals surface area contributed by atoms with Gasteiger partial charge in [0.25, 0.3) is 0 Å². The van der Waals surface area contributed by atoms with Crippen LogP contribution in [0.5, 0.6) is 0 Å². The molecule has 2 aromatic rings. The molecule has 0 saturated carbocycles. The number of esters is 1. The van der Waals surface area contributed by atoms with Crippen LogP contribution < -0.4 is 9.80 Å². The smallest absolute Gasteiger partial charge is 0.401 e. The largest absolute Gasteiger partial charge is 0.465 e. The maximum atomic E-state index is 13.4. The van der Waals surface area contributed by atoms with Crippen LogP contribution in [0.4, 0.5) is 24.5 Å². The monoisotopic (exact) mass is 573 g/mol. The predicted molar refractivity (Wildman–Crippen MR) is 152 cm³/mol. The van der Waals surface area contributed by atoms with Crippen molar-refractivity contribution in [2.24, 2.45) is 0 Å². The average molecular weight is 574 g/mol. The molecule has 3 aliphatic heterocycles. The highest BCUT2D eigenvalue weighted by molar-refractivity contribution is 6.08. The number of halogens is 3. The van der Waals surface area contributed by atoms with Gasteiger partial charge in [0.1, 0.15) is 0 Å². The van der Waals surface area contributed by atoms with Gasteiger partial charge in [-0.05, 0) is 86.1 Å². The fourth-order valence-corrected chi connectivity index (χ4v) is 6.89. The molecule has 0 radical (unpaired) electrons. The van der Waals surface area contributed by atoms with E-state index in [4.69, 9.17) is 9.47 Å². The molecule has 10 heteroatoms. The maximum absolute atomic E-state index is 13.4. The minimum absolute atomic E-state index is 0.0423. The third-order valence-corrected chi connectivity index (χ3v) is 9.10. The Bertz CT molecular complexity index is 1310. The first-order valence-electron chi connectivity index (χ1n) is 14.3. The molecule has 2 aromatic carbocycles. The molecule has 5 rings (SSSR count). The Balaban J connectivity index is 1.53. The number of hydrogen-bond donors (Lipinski definition) is 0. The first kappa shape index (κ1) is 29.4. The summed E-state index contributed by atoms with van der Waals surface area (Å²) in [5.41, 5.74) is 5.07. The summed E-state index contributed by atoms with van der Waals surface area (Å²) in [5.74, 6) is -0.361. The lowest BCUT2D eigenvalue weighted by atomic mass is 9.74. The number of likely N-dealkylation sites (N-methyl/N-ethyl adjacent to an activating group) is 1. The van der Waals surface area contributed by atoms with Crippen LogP contribution >= 0.6 is 0 Å². The third-order valence-electron chi connectivity index (χ3n) is 9.10. The maximum Gasteiger partial charge on any atom is 0.401 e. The molecule has 0 unspecified atom stereocenters. The van der Waals surface area contributed by atoms with Crippen LogP contribution in [0.3, 0.4) is 0 Å². The van der Waals surface area contributed by atoms with Crippen molar-refractivity contribution in [2.45, 2.75) is 57.2 Å². The van der Waals surface area contributed by atoms with E-state index in [2.05, 4.69) is 17.0 Å². The fourth-order valence-electron chi connectivity index (χ4n) is 6.89. The number of carbonyl (C=O) groups is 2. The molecule has 2 fully saturated rings. The summed E-state index contributed by atoms with van der Waals surface area (Å²) in [4.78, 5) is 31.7. The molecule has 3 aliphatic rings. The van der Waals surface area contributed by atoms with Gasteiger partial charge < -0.3 is 19.3 Å².